The average molecular weight is 366 g/mol. The van der Waals surface area contributed by atoms with Crippen molar-refractivity contribution in [2.75, 3.05) is 49.1 Å². The van der Waals surface area contributed by atoms with Crippen molar-refractivity contribution in [2.24, 2.45) is 0 Å². The Morgan fingerprint density at radius 2 is 2.00 bits per heavy atom. The maximum absolute atomic E-state index is 11.2. The van der Waals surface area contributed by atoms with Gasteiger partial charge >= 0.3 is 0 Å². The second-order valence-corrected chi connectivity index (χ2v) is 7.68. The molecule has 1 fully saturated rings. The highest BCUT2D eigenvalue weighted by molar-refractivity contribution is 8.01. The molecule has 0 spiro atoms. The van der Waals surface area contributed by atoms with Gasteiger partial charge in [-0.15, -0.1) is 10.2 Å². The molecule has 0 atom stereocenters. The fourth-order valence-electron chi connectivity index (χ4n) is 2.64. The Labute approximate surface area is 147 Å². The number of rotatable bonds is 6. The fraction of sp³-hybridized carbons (Fsp3) is 0.429. The van der Waals surface area contributed by atoms with Crippen molar-refractivity contribution in [3.63, 3.8) is 0 Å². The summed E-state index contributed by atoms with van der Waals surface area (Å²) in [5.74, 6) is 0.931. The van der Waals surface area contributed by atoms with Crippen molar-refractivity contribution in [3.05, 3.63) is 34.4 Å². The molecule has 1 aliphatic rings. The van der Waals surface area contributed by atoms with E-state index in [1.54, 1.807) is 23.9 Å². The average Bonchev–Trinajstić information content (AvgIpc) is 3.01. The first-order valence-electron chi connectivity index (χ1n) is 7.56. The van der Waals surface area contributed by atoms with Gasteiger partial charge in [0.2, 0.25) is 5.13 Å². The van der Waals surface area contributed by atoms with Crippen LogP contribution in [0.2, 0.25) is 0 Å². The highest BCUT2D eigenvalue weighted by atomic mass is 32.2. The third-order valence-electron chi connectivity index (χ3n) is 3.85. The van der Waals surface area contributed by atoms with Crippen molar-refractivity contribution in [1.29, 1.82) is 0 Å². The Bertz CT molecular complexity index is 702. The first kappa shape index (κ1) is 16.9. The largest absolute Gasteiger partial charge is 0.374 e. The lowest BCUT2D eigenvalue weighted by Crippen LogP contribution is -2.47. The van der Waals surface area contributed by atoms with Crippen LogP contribution in [-0.2, 0) is 0 Å². The molecule has 0 bridgehead atoms. The van der Waals surface area contributed by atoms with E-state index in [1.807, 2.05) is 12.1 Å². The minimum Gasteiger partial charge on any atom is -0.374 e. The number of thioether (sulfide) groups is 1. The monoisotopic (exact) mass is 366 g/mol. The summed E-state index contributed by atoms with van der Waals surface area (Å²) in [6.45, 7) is 4.33. The zero-order valence-electron chi connectivity index (χ0n) is 13.0. The summed E-state index contributed by atoms with van der Waals surface area (Å²) in [6, 6.07) is 6.93. The number of piperazine rings is 1. The van der Waals surface area contributed by atoms with Crippen molar-refractivity contribution in [1.82, 2.24) is 15.1 Å². The normalized spacial score (nSPS) is 15.6. The molecule has 3 rings (SSSR count). The van der Waals surface area contributed by atoms with Gasteiger partial charge in [0.1, 0.15) is 5.69 Å². The molecule has 24 heavy (non-hydrogen) atoms. The van der Waals surface area contributed by atoms with Gasteiger partial charge in [0, 0.05) is 44.5 Å². The van der Waals surface area contributed by atoms with Gasteiger partial charge < -0.3 is 10.6 Å². The molecule has 10 heteroatoms. The Kier molecular flexibility index (Phi) is 5.48. The first-order chi connectivity index (χ1) is 11.6. The molecule has 0 unspecified atom stereocenters. The number of nitro benzene ring substituents is 1. The zero-order valence-corrected chi connectivity index (χ0v) is 14.6. The van der Waals surface area contributed by atoms with E-state index in [0.29, 0.717) is 10.8 Å². The van der Waals surface area contributed by atoms with E-state index in [1.165, 1.54) is 11.3 Å². The van der Waals surface area contributed by atoms with Crippen molar-refractivity contribution < 1.29 is 4.92 Å². The van der Waals surface area contributed by atoms with Crippen LogP contribution in [0.4, 0.5) is 16.5 Å². The molecule has 1 saturated heterocycles. The van der Waals surface area contributed by atoms with E-state index in [2.05, 4.69) is 20.0 Å². The van der Waals surface area contributed by atoms with Gasteiger partial charge in [-0.25, -0.2) is 0 Å². The fourth-order valence-corrected chi connectivity index (χ4v) is 4.35. The number of aromatic nitrogens is 2. The summed E-state index contributed by atoms with van der Waals surface area (Å²) in [5, 5.41) is 19.4. The van der Waals surface area contributed by atoms with Crippen LogP contribution in [-0.4, -0.2) is 58.5 Å². The topological polar surface area (TPSA) is 101 Å². The summed E-state index contributed by atoms with van der Waals surface area (Å²) < 4.78 is 0.894. The van der Waals surface area contributed by atoms with E-state index in [9.17, 15) is 10.1 Å². The molecular weight excluding hydrogens is 348 g/mol. The van der Waals surface area contributed by atoms with Gasteiger partial charge in [-0.2, -0.15) is 0 Å². The molecule has 0 aliphatic carbocycles. The Balaban J connectivity index is 1.48. The Morgan fingerprint density at radius 1 is 1.25 bits per heavy atom. The quantitative estimate of drug-likeness (QED) is 0.470. The molecule has 128 valence electrons. The second-order valence-electron chi connectivity index (χ2n) is 5.33. The standard InChI is InChI=1S/C14H18N6O2S2/c15-13-16-17-14(24-13)23-10-9-18-5-7-19(8-6-18)11-3-1-2-4-12(11)20(21)22/h1-4H,5-10H2,(H2,15,16). The number of hydrogen-bond donors (Lipinski definition) is 1. The maximum atomic E-state index is 11.2. The van der Waals surface area contributed by atoms with Gasteiger partial charge in [-0.1, -0.05) is 35.2 Å². The Morgan fingerprint density at radius 3 is 2.67 bits per heavy atom. The van der Waals surface area contributed by atoms with Crippen LogP contribution >= 0.6 is 23.1 Å². The van der Waals surface area contributed by atoms with E-state index in [4.69, 9.17) is 5.73 Å². The van der Waals surface area contributed by atoms with Gasteiger partial charge in [0.05, 0.1) is 4.92 Å². The third-order valence-corrected chi connectivity index (χ3v) is 5.71. The maximum Gasteiger partial charge on any atom is 0.292 e. The van der Waals surface area contributed by atoms with Gasteiger partial charge in [0.25, 0.3) is 5.69 Å². The third kappa shape index (κ3) is 4.13. The number of para-hydroxylation sites is 2. The van der Waals surface area contributed by atoms with E-state index < -0.39 is 0 Å². The summed E-state index contributed by atoms with van der Waals surface area (Å²) >= 11 is 3.06. The number of nitrogens with two attached hydrogens (primary N) is 1. The van der Waals surface area contributed by atoms with Crippen molar-refractivity contribution in [2.45, 2.75) is 4.34 Å². The Hall–Kier alpha value is -1.91. The van der Waals surface area contributed by atoms with Crippen molar-refractivity contribution >= 4 is 39.6 Å². The van der Waals surface area contributed by atoms with E-state index in [0.717, 1.165) is 42.8 Å². The van der Waals surface area contributed by atoms with E-state index in [-0.39, 0.29) is 10.6 Å². The molecule has 0 radical (unpaired) electrons. The second kappa shape index (κ2) is 7.77. The summed E-state index contributed by atoms with van der Waals surface area (Å²) in [7, 11) is 0. The summed E-state index contributed by atoms with van der Waals surface area (Å²) in [5.41, 5.74) is 6.45. The minimum atomic E-state index is -0.313. The van der Waals surface area contributed by atoms with Crippen LogP contribution in [0.5, 0.6) is 0 Å². The molecule has 0 amide bonds. The number of nitro groups is 1. The van der Waals surface area contributed by atoms with Crippen LogP contribution in [0.15, 0.2) is 28.6 Å². The summed E-state index contributed by atoms with van der Waals surface area (Å²) in [6.07, 6.45) is 0. The molecule has 1 aliphatic heterocycles. The van der Waals surface area contributed by atoms with Crippen LogP contribution in [0.1, 0.15) is 0 Å². The highest BCUT2D eigenvalue weighted by Gasteiger charge is 2.23. The lowest BCUT2D eigenvalue weighted by Gasteiger charge is -2.35. The smallest absolute Gasteiger partial charge is 0.292 e. The molecule has 8 nitrogen and oxygen atoms in total. The van der Waals surface area contributed by atoms with E-state index >= 15 is 0 Å². The van der Waals surface area contributed by atoms with Crippen LogP contribution in [0, 0.1) is 10.1 Å². The lowest BCUT2D eigenvalue weighted by molar-refractivity contribution is -0.384. The van der Waals surface area contributed by atoms with Crippen LogP contribution in [0.25, 0.3) is 0 Å². The van der Waals surface area contributed by atoms with Crippen LogP contribution < -0.4 is 10.6 Å². The predicted molar refractivity (Wildman–Crippen MR) is 96.8 cm³/mol. The van der Waals surface area contributed by atoms with Gasteiger partial charge in [-0.05, 0) is 6.07 Å². The highest BCUT2D eigenvalue weighted by Crippen LogP contribution is 2.28. The molecule has 2 heterocycles. The number of nitrogen functional groups attached to an aromatic ring is 1. The molecule has 2 N–H and O–H groups in total. The molecule has 1 aromatic carbocycles. The predicted octanol–water partition coefficient (Wildman–Crippen LogP) is 1.94. The first-order valence-corrected chi connectivity index (χ1v) is 9.36. The molecule has 1 aromatic heterocycles. The lowest BCUT2D eigenvalue weighted by atomic mass is 10.2. The van der Waals surface area contributed by atoms with Gasteiger partial charge in [-0.3, -0.25) is 15.0 Å². The SMILES string of the molecule is Nc1nnc(SCCN2CCN(c3ccccc3[N+](=O)[O-])CC2)s1. The number of hydrogen-bond acceptors (Lipinski definition) is 9. The number of anilines is 2. The molecular formula is C14H18N6O2S2. The number of benzene rings is 1. The number of nitrogens with zero attached hydrogens (tertiary/aromatic N) is 5. The minimum absolute atomic E-state index is 0.176. The van der Waals surface area contributed by atoms with Crippen LogP contribution in [0.3, 0.4) is 0 Å². The van der Waals surface area contributed by atoms with Crippen molar-refractivity contribution in [3.8, 4) is 0 Å². The molecule has 0 saturated carbocycles. The summed E-state index contributed by atoms with van der Waals surface area (Å²) in [4.78, 5) is 15.3. The zero-order chi connectivity index (χ0) is 16.9. The molecule has 2 aromatic rings. The van der Waals surface area contributed by atoms with Gasteiger partial charge in [0.15, 0.2) is 4.34 Å².